The molecule has 0 atom stereocenters. The van der Waals surface area contributed by atoms with Gasteiger partial charge in [0.15, 0.2) is 4.32 Å². The van der Waals surface area contributed by atoms with E-state index in [1.54, 1.807) is 49.6 Å². The van der Waals surface area contributed by atoms with Crippen LogP contribution in [0.4, 0.5) is 10.1 Å². The van der Waals surface area contributed by atoms with Crippen LogP contribution in [0.2, 0.25) is 0 Å². The van der Waals surface area contributed by atoms with E-state index in [4.69, 9.17) is 21.7 Å². The predicted octanol–water partition coefficient (Wildman–Crippen LogP) is 6.58. The maximum Gasteiger partial charge on any atom is 0.270 e. The predicted molar refractivity (Wildman–Crippen MR) is 134 cm³/mol. The van der Waals surface area contributed by atoms with Crippen molar-refractivity contribution in [3.05, 3.63) is 93.1 Å². The van der Waals surface area contributed by atoms with Gasteiger partial charge in [-0.05, 0) is 42.5 Å². The fourth-order valence-corrected chi connectivity index (χ4v) is 4.82. The Labute approximate surface area is 203 Å². The molecular weight excluding hydrogens is 513 g/mol. The van der Waals surface area contributed by atoms with Gasteiger partial charge in [-0.1, -0.05) is 70.2 Å². The number of thioether (sulfide) groups is 1. The van der Waals surface area contributed by atoms with Crippen LogP contribution in [0.3, 0.4) is 0 Å². The number of carbonyl (C=O) groups excluding carboxylic acids is 1. The van der Waals surface area contributed by atoms with Crippen LogP contribution >= 0.6 is 39.9 Å². The number of hydrogen-bond acceptors (Lipinski definition) is 5. The molecule has 32 heavy (non-hydrogen) atoms. The van der Waals surface area contributed by atoms with Gasteiger partial charge in [-0.2, -0.15) is 0 Å². The first-order chi connectivity index (χ1) is 15.5. The molecule has 3 aromatic rings. The van der Waals surface area contributed by atoms with Crippen molar-refractivity contribution in [3.63, 3.8) is 0 Å². The minimum absolute atomic E-state index is 0.0668. The number of rotatable bonds is 6. The van der Waals surface area contributed by atoms with Crippen LogP contribution in [-0.2, 0) is 11.4 Å². The molecule has 1 fully saturated rings. The van der Waals surface area contributed by atoms with Crippen LogP contribution in [-0.4, -0.2) is 17.3 Å². The highest BCUT2D eigenvalue weighted by Crippen LogP contribution is 2.40. The van der Waals surface area contributed by atoms with Crippen molar-refractivity contribution in [2.45, 2.75) is 6.61 Å². The highest BCUT2D eigenvalue weighted by molar-refractivity contribution is 9.10. The molecule has 1 aliphatic rings. The quantitative estimate of drug-likeness (QED) is 0.266. The number of amides is 1. The maximum atomic E-state index is 14.0. The molecule has 0 spiro atoms. The van der Waals surface area contributed by atoms with Gasteiger partial charge < -0.3 is 9.47 Å². The van der Waals surface area contributed by atoms with Crippen LogP contribution < -0.4 is 14.4 Å². The Balaban J connectivity index is 1.64. The van der Waals surface area contributed by atoms with E-state index < -0.39 is 0 Å². The third-order valence-electron chi connectivity index (χ3n) is 4.72. The molecule has 1 aliphatic heterocycles. The molecule has 4 rings (SSSR count). The van der Waals surface area contributed by atoms with Gasteiger partial charge in [0.2, 0.25) is 0 Å². The molecule has 4 nitrogen and oxygen atoms in total. The van der Waals surface area contributed by atoms with E-state index in [2.05, 4.69) is 15.9 Å². The van der Waals surface area contributed by atoms with Crippen molar-refractivity contribution >= 4 is 61.9 Å². The lowest BCUT2D eigenvalue weighted by Gasteiger charge is -2.17. The lowest BCUT2D eigenvalue weighted by Crippen LogP contribution is -2.27. The highest BCUT2D eigenvalue weighted by atomic mass is 79.9. The molecule has 0 radical (unpaired) electrons. The zero-order valence-corrected chi connectivity index (χ0v) is 20.1. The summed E-state index contributed by atoms with van der Waals surface area (Å²) in [4.78, 5) is 15.1. The Hall–Kier alpha value is -2.68. The maximum absolute atomic E-state index is 14.0. The Bertz CT molecular complexity index is 1230. The third-order valence-corrected chi connectivity index (χ3v) is 6.51. The van der Waals surface area contributed by atoms with Crippen LogP contribution in [0.5, 0.6) is 11.5 Å². The minimum Gasteiger partial charge on any atom is -0.495 e. The van der Waals surface area contributed by atoms with E-state index in [0.717, 1.165) is 4.47 Å². The van der Waals surface area contributed by atoms with E-state index in [-0.39, 0.29) is 18.3 Å². The van der Waals surface area contributed by atoms with Crippen molar-refractivity contribution < 1.29 is 18.7 Å². The van der Waals surface area contributed by atoms with E-state index >= 15 is 0 Å². The van der Waals surface area contributed by atoms with Crippen LogP contribution in [0.25, 0.3) is 6.08 Å². The van der Waals surface area contributed by atoms with E-state index in [1.165, 1.54) is 22.7 Å². The van der Waals surface area contributed by atoms with Gasteiger partial charge in [-0.3, -0.25) is 9.69 Å². The molecule has 0 aromatic heterocycles. The first-order valence-electron chi connectivity index (χ1n) is 9.54. The van der Waals surface area contributed by atoms with Crippen molar-refractivity contribution in [1.82, 2.24) is 0 Å². The molecule has 1 saturated heterocycles. The lowest BCUT2D eigenvalue weighted by atomic mass is 10.1. The number of para-hydroxylation sites is 2. The Morgan fingerprint density at radius 3 is 2.62 bits per heavy atom. The zero-order chi connectivity index (χ0) is 22.7. The summed E-state index contributed by atoms with van der Waals surface area (Å²) in [7, 11) is 1.55. The van der Waals surface area contributed by atoms with Gasteiger partial charge in [-0.15, -0.1) is 0 Å². The second-order valence-electron chi connectivity index (χ2n) is 6.75. The number of nitrogens with zero attached hydrogens (tertiary/aromatic N) is 1. The lowest BCUT2D eigenvalue weighted by molar-refractivity contribution is -0.113. The molecule has 1 amide bonds. The summed E-state index contributed by atoms with van der Waals surface area (Å²) < 4.78 is 26.5. The molecule has 0 aliphatic carbocycles. The topological polar surface area (TPSA) is 38.8 Å². The molecular formula is C24H17BrFNO3S2. The standard InChI is InChI=1S/C24H17BrFNO3S2/c1-29-21-9-5-4-8-19(21)27-23(28)22(32-24(27)31)13-16-12-17(25)10-11-20(16)30-14-15-6-2-3-7-18(15)26/h2-13H,14H2,1H3/b22-13+. The summed E-state index contributed by atoms with van der Waals surface area (Å²) >= 11 is 10.1. The monoisotopic (exact) mass is 529 g/mol. The van der Waals surface area contributed by atoms with Gasteiger partial charge in [0, 0.05) is 15.6 Å². The largest absolute Gasteiger partial charge is 0.495 e. The van der Waals surface area contributed by atoms with E-state index in [1.807, 2.05) is 24.3 Å². The van der Waals surface area contributed by atoms with Gasteiger partial charge in [0.05, 0.1) is 17.7 Å². The smallest absolute Gasteiger partial charge is 0.270 e. The van der Waals surface area contributed by atoms with Gasteiger partial charge in [-0.25, -0.2) is 4.39 Å². The summed E-state index contributed by atoms with van der Waals surface area (Å²) in [6, 6.07) is 19.1. The van der Waals surface area contributed by atoms with Gasteiger partial charge in [0.25, 0.3) is 5.91 Å². The number of ether oxygens (including phenoxy) is 2. The van der Waals surface area contributed by atoms with Crippen molar-refractivity contribution in [2.24, 2.45) is 0 Å². The summed E-state index contributed by atoms with van der Waals surface area (Å²) in [6.07, 6.45) is 1.73. The molecule has 162 valence electrons. The second-order valence-corrected chi connectivity index (χ2v) is 9.34. The summed E-state index contributed by atoms with van der Waals surface area (Å²) in [5, 5.41) is 0. The Morgan fingerprint density at radius 2 is 1.84 bits per heavy atom. The van der Waals surface area contributed by atoms with E-state index in [9.17, 15) is 9.18 Å². The number of carbonyl (C=O) groups is 1. The van der Waals surface area contributed by atoms with Gasteiger partial charge >= 0.3 is 0 Å². The Kier molecular flexibility index (Phi) is 6.93. The van der Waals surface area contributed by atoms with Crippen LogP contribution in [0, 0.1) is 5.82 Å². The number of benzene rings is 3. The molecule has 3 aromatic carbocycles. The number of hydrogen-bond donors (Lipinski definition) is 0. The number of methoxy groups -OCH3 is 1. The molecule has 1 heterocycles. The summed E-state index contributed by atoms with van der Waals surface area (Å²) in [6.45, 7) is 0.0668. The Morgan fingerprint density at radius 1 is 1.09 bits per heavy atom. The minimum atomic E-state index is -0.330. The zero-order valence-electron chi connectivity index (χ0n) is 16.9. The fourth-order valence-electron chi connectivity index (χ4n) is 3.17. The van der Waals surface area contributed by atoms with Crippen LogP contribution in [0.15, 0.2) is 76.1 Å². The average molecular weight is 530 g/mol. The normalized spacial score (nSPS) is 14.8. The van der Waals surface area contributed by atoms with E-state index in [0.29, 0.717) is 37.5 Å². The second kappa shape index (κ2) is 9.85. The number of thiocarbonyl (C=S) groups is 1. The first kappa shape index (κ1) is 22.5. The van der Waals surface area contributed by atoms with Crippen molar-refractivity contribution in [1.29, 1.82) is 0 Å². The number of halogens is 2. The van der Waals surface area contributed by atoms with Crippen molar-refractivity contribution in [3.8, 4) is 11.5 Å². The van der Waals surface area contributed by atoms with Crippen LogP contribution in [0.1, 0.15) is 11.1 Å². The first-order valence-corrected chi connectivity index (χ1v) is 11.6. The van der Waals surface area contributed by atoms with Gasteiger partial charge in [0.1, 0.15) is 23.9 Å². The SMILES string of the molecule is COc1ccccc1N1C(=O)/C(=C\c2cc(Br)ccc2OCc2ccccc2F)SC1=S. The molecule has 0 saturated carbocycles. The average Bonchev–Trinajstić information content (AvgIpc) is 3.06. The fraction of sp³-hybridized carbons (Fsp3) is 0.0833. The number of anilines is 1. The molecule has 0 N–H and O–H groups in total. The third kappa shape index (κ3) is 4.72. The van der Waals surface area contributed by atoms with Crippen molar-refractivity contribution in [2.75, 3.05) is 12.0 Å². The molecule has 0 bridgehead atoms. The molecule has 8 heteroatoms. The summed E-state index contributed by atoms with van der Waals surface area (Å²) in [5.41, 5.74) is 1.71. The summed E-state index contributed by atoms with van der Waals surface area (Å²) in [5.74, 6) is 0.508. The highest BCUT2D eigenvalue weighted by Gasteiger charge is 2.35. The molecule has 0 unspecified atom stereocenters.